The summed E-state index contributed by atoms with van der Waals surface area (Å²) in [5.41, 5.74) is 7.36. The molecule has 1 heterocycles. The number of rotatable bonds is 3. The van der Waals surface area contributed by atoms with Crippen LogP contribution in [0.3, 0.4) is 0 Å². The number of esters is 1. The van der Waals surface area contributed by atoms with Crippen LogP contribution in [-0.4, -0.2) is 17.7 Å². The number of aryl methyl sites for hydroxylation is 1. The third kappa shape index (κ3) is 3.19. The maximum absolute atomic E-state index is 12.4. The van der Waals surface area contributed by atoms with Crippen molar-refractivity contribution >= 4 is 28.6 Å². The Hall–Kier alpha value is -2.21. The van der Waals surface area contributed by atoms with Crippen molar-refractivity contribution in [2.75, 3.05) is 6.61 Å². The molecule has 126 valence electrons. The fourth-order valence-electron chi connectivity index (χ4n) is 2.58. The number of carbonyl (C=O) groups excluding carboxylic acids is 1. The number of aromatic hydroxyl groups is 1. The maximum atomic E-state index is 12.4. The molecule has 0 radical (unpaired) electrons. The number of hydrogen-bond donors (Lipinski definition) is 2. The Balaban J connectivity index is 2.72. The third-order valence-electron chi connectivity index (χ3n) is 3.72. The van der Waals surface area contributed by atoms with E-state index in [1.807, 2.05) is 13.0 Å². The zero-order chi connectivity index (χ0) is 18.0. The molecule has 1 atom stereocenters. The van der Waals surface area contributed by atoms with Crippen LogP contribution < -0.4 is 5.73 Å². The number of nitrogens with two attached hydrogens (primary N) is 1. The molecule has 1 aliphatic heterocycles. The van der Waals surface area contributed by atoms with Crippen molar-refractivity contribution in [1.29, 1.82) is 5.26 Å². The Morgan fingerprint density at radius 3 is 2.75 bits per heavy atom. The fourth-order valence-corrected chi connectivity index (χ4v) is 3.07. The number of nitrogens with zero attached hydrogens (tertiary/aromatic N) is 1. The standard InChI is InChI=1S/C17H17IN2O4/c1-4-23-17(22)14-9(3)24-16(20)11(7-19)15(14)10-6-12(18)8(2)5-13(10)21/h5-6,15,21H,4,20H2,1-3H3. The molecule has 0 bridgehead atoms. The Morgan fingerprint density at radius 1 is 1.50 bits per heavy atom. The van der Waals surface area contributed by atoms with Crippen LogP contribution in [0.4, 0.5) is 0 Å². The van der Waals surface area contributed by atoms with E-state index in [1.165, 1.54) is 0 Å². The van der Waals surface area contributed by atoms with Crippen molar-refractivity contribution in [2.24, 2.45) is 5.73 Å². The molecule has 6 nitrogen and oxygen atoms in total. The number of halogens is 1. The molecule has 1 aromatic rings. The van der Waals surface area contributed by atoms with E-state index < -0.39 is 11.9 Å². The average Bonchev–Trinajstić information content (AvgIpc) is 2.50. The van der Waals surface area contributed by atoms with Gasteiger partial charge in [0.1, 0.15) is 23.2 Å². The number of benzene rings is 1. The van der Waals surface area contributed by atoms with Crippen molar-refractivity contribution in [3.05, 3.63) is 49.6 Å². The topological polar surface area (TPSA) is 106 Å². The molecule has 2 rings (SSSR count). The van der Waals surface area contributed by atoms with Crippen molar-refractivity contribution in [3.63, 3.8) is 0 Å². The molecular formula is C17H17IN2O4. The van der Waals surface area contributed by atoms with Gasteiger partial charge in [0.05, 0.1) is 18.1 Å². The first-order valence-corrected chi connectivity index (χ1v) is 8.34. The predicted octanol–water partition coefficient (Wildman–Crippen LogP) is 2.95. The lowest BCUT2D eigenvalue weighted by atomic mass is 9.82. The lowest BCUT2D eigenvalue weighted by molar-refractivity contribution is -0.139. The van der Waals surface area contributed by atoms with Gasteiger partial charge in [-0.25, -0.2) is 4.79 Å². The molecule has 0 spiro atoms. The average molecular weight is 440 g/mol. The predicted molar refractivity (Wildman–Crippen MR) is 95.5 cm³/mol. The van der Waals surface area contributed by atoms with E-state index >= 15 is 0 Å². The van der Waals surface area contributed by atoms with E-state index in [0.717, 1.165) is 9.13 Å². The highest BCUT2D eigenvalue weighted by Crippen LogP contribution is 2.43. The second-order valence-corrected chi connectivity index (χ2v) is 6.44. The van der Waals surface area contributed by atoms with Gasteiger partial charge in [-0.3, -0.25) is 0 Å². The normalized spacial score (nSPS) is 17.4. The Bertz CT molecular complexity index is 806. The molecule has 0 saturated carbocycles. The highest BCUT2D eigenvalue weighted by atomic mass is 127. The van der Waals surface area contributed by atoms with E-state index in [2.05, 4.69) is 22.6 Å². The molecule has 1 aromatic carbocycles. The van der Waals surface area contributed by atoms with Crippen LogP contribution in [0.15, 0.2) is 34.9 Å². The number of hydrogen-bond acceptors (Lipinski definition) is 6. The number of carbonyl (C=O) groups is 1. The smallest absolute Gasteiger partial charge is 0.338 e. The van der Waals surface area contributed by atoms with Gasteiger partial charge in [0, 0.05) is 9.13 Å². The van der Waals surface area contributed by atoms with E-state index in [-0.39, 0.29) is 35.1 Å². The molecule has 0 fully saturated rings. The minimum Gasteiger partial charge on any atom is -0.508 e. The largest absolute Gasteiger partial charge is 0.508 e. The number of phenols is 1. The van der Waals surface area contributed by atoms with Gasteiger partial charge < -0.3 is 20.3 Å². The summed E-state index contributed by atoms with van der Waals surface area (Å²) in [5, 5.41) is 19.9. The Labute approximate surface area is 153 Å². The van der Waals surface area contributed by atoms with Gasteiger partial charge in [0.25, 0.3) is 0 Å². The number of allylic oxidation sites excluding steroid dienone is 2. The van der Waals surface area contributed by atoms with E-state index in [9.17, 15) is 15.2 Å². The Kier molecular flexibility index (Phi) is 5.39. The first kappa shape index (κ1) is 18.1. The number of phenolic OH excluding ortho intramolecular Hbond substituents is 1. The zero-order valence-electron chi connectivity index (χ0n) is 13.5. The van der Waals surface area contributed by atoms with Crippen LogP contribution in [0.25, 0.3) is 0 Å². The van der Waals surface area contributed by atoms with E-state index in [1.54, 1.807) is 26.0 Å². The summed E-state index contributed by atoms with van der Waals surface area (Å²) < 4.78 is 11.3. The molecular weight excluding hydrogens is 423 g/mol. The van der Waals surface area contributed by atoms with E-state index in [4.69, 9.17) is 15.2 Å². The summed E-state index contributed by atoms with van der Waals surface area (Å²) in [7, 11) is 0. The van der Waals surface area contributed by atoms with Crippen molar-refractivity contribution in [1.82, 2.24) is 0 Å². The van der Waals surface area contributed by atoms with Crippen LogP contribution in [0.2, 0.25) is 0 Å². The summed E-state index contributed by atoms with van der Waals surface area (Å²) in [4.78, 5) is 12.4. The highest BCUT2D eigenvalue weighted by Gasteiger charge is 2.37. The van der Waals surface area contributed by atoms with Crippen LogP contribution in [0.1, 0.15) is 30.9 Å². The molecule has 3 N–H and O–H groups in total. The first-order valence-electron chi connectivity index (χ1n) is 7.26. The van der Waals surface area contributed by atoms with Crippen LogP contribution in [0, 0.1) is 21.8 Å². The lowest BCUT2D eigenvalue weighted by Gasteiger charge is -2.27. The fraction of sp³-hybridized carbons (Fsp3) is 0.294. The van der Waals surface area contributed by atoms with Gasteiger partial charge in [0.15, 0.2) is 0 Å². The van der Waals surface area contributed by atoms with Crippen LogP contribution >= 0.6 is 22.6 Å². The lowest BCUT2D eigenvalue weighted by Crippen LogP contribution is -2.25. The van der Waals surface area contributed by atoms with Gasteiger partial charge in [-0.05, 0) is 61.1 Å². The van der Waals surface area contributed by atoms with Gasteiger partial charge in [0.2, 0.25) is 5.88 Å². The van der Waals surface area contributed by atoms with Crippen LogP contribution in [0.5, 0.6) is 5.75 Å². The van der Waals surface area contributed by atoms with Gasteiger partial charge in [-0.2, -0.15) is 5.26 Å². The monoisotopic (exact) mass is 440 g/mol. The molecule has 24 heavy (non-hydrogen) atoms. The summed E-state index contributed by atoms with van der Waals surface area (Å²) in [6.45, 7) is 5.31. The summed E-state index contributed by atoms with van der Waals surface area (Å²) in [5.74, 6) is -1.28. The first-order chi connectivity index (χ1) is 11.3. The highest BCUT2D eigenvalue weighted by molar-refractivity contribution is 14.1. The van der Waals surface area contributed by atoms with Gasteiger partial charge >= 0.3 is 5.97 Å². The molecule has 0 aromatic heterocycles. The zero-order valence-corrected chi connectivity index (χ0v) is 15.7. The second-order valence-electron chi connectivity index (χ2n) is 5.28. The molecule has 7 heteroatoms. The SMILES string of the molecule is CCOC(=O)C1=C(C)OC(N)=C(C#N)C1c1cc(I)c(C)cc1O. The van der Waals surface area contributed by atoms with Crippen molar-refractivity contribution in [3.8, 4) is 11.8 Å². The number of ether oxygens (including phenoxy) is 2. The maximum Gasteiger partial charge on any atom is 0.338 e. The van der Waals surface area contributed by atoms with Crippen molar-refractivity contribution < 1.29 is 19.4 Å². The second kappa shape index (κ2) is 7.13. The molecule has 0 aliphatic carbocycles. The summed E-state index contributed by atoms with van der Waals surface area (Å²) in [6.07, 6.45) is 0. The van der Waals surface area contributed by atoms with Crippen molar-refractivity contribution in [2.45, 2.75) is 26.7 Å². The molecule has 0 saturated heterocycles. The van der Waals surface area contributed by atoms with Gasteiger partial charge in [-0.1, -0.05) is 0 Å². The van der Waals surface area contributed by atoms with E-state index in [0.29, 0.717) is 5.56 Å². The minimum absolute atomic E-state index is 0.0186. The number of nitriles is 1. The summed E-state index contributed by atoms with van der Waals surface area (Å²) in [6, 6.07) is 5.31. The molecule has 1 aliphatic rings. The summed E-state index contributed by atoms with van der Waals surface area (Å²) >= 11 is 2.13. The molecule has 0 amide bonds. The van der Waals surface area contributed by atoms with Crippen LogP contribution in [-0.2, 0) is 14.3 Å². The molecule has 1 unspecified atom stereocenters. The minimum atomic E-state index is -0.836. The van der Waals surface area contributed by atoms with Gasteiger partial charge in [-0.15, -0.1) is 0 Å². The quantitative estimate of drug-likeness (QED) is 0.553. The third-order valence-corrected chi connectivity index (χ3v) is 4.88. The Morgan fingerprint density at radius 2 is 2.17 bits per heavy atom.